The van der Waals surface area contributed by atoms with Crippen LogP contribution in [0.4, 0.5) is 5.13 Å². The molecule has 3 heterocycles. The van der Waals surface area contributed by atoms with Gasteiger partial charge in [-0.25, -0.2) is 4.98 Å². The van der Waals surface area contributed by atoms with Crippen LogP contribution in [0.1, 0.15) is 36.1 Å². The minimum atomic E-state index is -0.709. The lowest BCUT2D eigenvalue weighted by Crippen LogP contribution is -2.46. The summed E-state index contributed by atoms with van der Waals surface area (Å²) in [6.45, 7) is 3.88. The predicted molar refractivity (Wildman–Crippen MR) is 102 cm³/mol. The highest BCUT2D eigenvalue weighted by molar-refractivity contribution is 7.15. The van der Waals surface area contributed by atoms with Crippen LogP contribution in [0.25, 0.3) is 0 Å². The standard InChI is InChI=1S/C19H23N3O4S/c1-11(12-2-3-16-17(7-12)26-10-25-16)15-6-13(18(23)24)4-5-22(15)9-14-8-21-19(20)27-14/h2-3,7-8,11,13,15H,4-6,9-10H2,1H3,(H2,20,21)(H,23,24). The molecule has 27 heavy (non-hydrogen) atoms. The summed E-state index contributed by atoms with van der Waals surface area (Å²) >= 11 is 1.49. The van der Waals surface area contributed by atoms with Crippen LogP contribution < -0.4 is 15.2 Å². The summed E-state index contributed by atoms with van der Waals surface area (Å²) in [5.74, 6) is 0.655. The third kappa shape index (κ3) is 3.72. The number of carboxylic acids is 1. The number of aromatic nitrogens is 1. The Hall–Kier alpha value is -2.32. The molecule has 3 N–H and O–H groups in total. The molecule has 3 unspecified atom stereocenters. The highest BCUT2D eigenvalue weighted by Gasteiger charge is 2.36. The predicted octanol–water partition coefficient (Wildman–Crippen LogP) is 2.92. The van der Waals surface area contributed by atoms with Crippen LogP contribution in [-0.4, -0.2) is 40.3 Å². The summed E-state index contributed by atoms with van der Waals surface area (Å²) in [6, 6.07) is 6.11. The monoisotopic (exact) mass is 389 g/mol. The molecule has 1 aromatic carbocycles. The molecule has 7 nitrogen and oxygen atoms in total. The van der Waals surface area contributed by atoms with Gasteiger partial charge in [-0.05, 0) is 43.0 Å². The Bertz CT molecular complexity index is 840. The topological polar surface area (TPSA) is 97.9 Å². The van der Waals surface area contributed by atoms with E-state index in [0.29, 0.717) is 18.0 Å². The molecule has 1 saturated heterocycles. The average Bonchev–Trinajstić information content (AvgIpc) is 3.29. The second-order valence-electron chi connectivity index (χ2n) is 7.16. The lowest BCUT2D eigenvalue weighted by molar-refractivity contribution is -0.144. The molecule has 1 fully saturated rings. The first kappa shape index (κ1) is 18.1. The molecule has 1 aromatic heterocycles. The highest BCUT2D eigenvalue weighted by Crippen LogP contribution is 2.39. The Morgan fingerprint density at radius 1 is 1.44 bits per heavy atom. The number of carboxylic acid groups (broad SMARTS) is 1. The molecule has 0 saturated carbocycles. The number of carbonyl (C=O) groups is 1. The van der Waals surface area contributed by atoms with Gasteiger partial charge in [0.05, 0.1) is 5.92 Å². The Morgan fingerprint density at radius 3 is 3.00 bits per heavy atom. The zero-order valence-electron chi connectivity index (χ0n) is 15.1. The van der Waals surface area contributed by atoms with Crippen LogP contribution in [0.5, 0.6) is 11.5 Å². The number of piperidine rings is 1. The fourth-order valence-corrected chi connectivity index (χ4v) is 4.71. The van der Waals surface area contributed by atoms with E-state index in [-0.39, 0.29) is 24.7 Å². The van der Waals surface area contributed by atoms with Crippen molar-refractivity contribution >= 4 is 22.4 Å². The van der Waals surface area contributed by atoms with E-state index in [4.69, 9.17) is 15.2 Å². The van der Waals surface area contributed by atoms with Crippen molar-refractivity contribution < 1.29 is 19.4 Å². The molecule has 8 heteroatoms. The van der Waals surface area contributed by atoms with E-state index < -0.39 is 5.97 Å². The zero-order valence-corrected chi connectivity index (χ0v) is 15.9. The van der Waals surface area contributed by atoms with Gasteiger partial charge in [-0.3, -0.25) is 9.69 Å². The second-order valence-corrected chi connectivity index (χ2v) is 8.31. The van der Waals surface area contributed by atoms with Crippen molar-refractivity contribution in [2.75, 3.05) is 19.1 Å². The first-order chi connectivity index (χ1) is 13.0. The second kappa shape index (κ2) is 7.36. The maximum Gasteiger partial charge on any atom is 0.306 e. The van der Waals surface area contributed by atoms with Gasteiger partial charge in [0, 0.05) is 23.7 Å². The molecule has 0 spiro atoms. The number of hydrogen-bond acceptors (Lipinski definition) is 7. The van der Waals surface area contributed by atoms with Crippen molar-refractivity contribution in [2.45, 2.75) is 38.3 Å². The maximum absolute atomic E-state index is 11.6. The number of fused-ring (bicyclic) bond motifs is 1. The number of likely N-dealkylation sites (tertiary alicyclic amines) is 1. The van der Waals surface area contributed by atoms with Crippen molar-refractivity contribution in [1.82, 2.24) is 9.88 Å². The van der Waals surface area contributed by atoms with Crippen LogP contribution in [0.15, 0.2) is 24.4 Å². The number of benzene rings is 1. The minimum Gasteiger partial charge on any atom is -0.481 e. The van der Waals surface area contributed by atoms with Crippen molar-refractivity contribution in [3.63, 3.8) is 0 Å². The first-order valence-electron chi connectivity index (χ1n) is 9.08. The molecule has 2 aliphatic rings. The fourth-order valence-electron chi connectivity index (χ4n) is 4.00. The van der Waals surface area contributed by atoms with Crippen LogP contribution in [0.2, 0.25) is 0 Å². The molecule has 0 aliphatic carbocycles. The number of aliphatic carboxylic acids is 1. The first-order valence-corrected chi connectivity index (χ1v) is 9.89. The maximum atomic E-state index is 11.6. The molecule has 3 atom stereocenters. The van der Waals surface area contributed by atoms with E-state index in [2.05, 4.69) is 16.8 Å². The smallest absolute Gasteiger partial charge is 0.306 e. The molecule has 4 rings (SSSR count). The normalized spacial score (nSPS) is 23.3. The average molecular weight is 389 g/mol. The van der Waals surface area contributed by atoms with E-state index in [1.165, 1.54) is 11.3 Å². The molecule has 2 aliphatic heterocycles. The quantitative estimate of drug-likeness (QED) is 0.811. The summed E-state index contributed by atoms with van der Waals surface area (Å²) in [5.41, 5.74) is 6.90. The Labute approximate surface area is 161 Å². The Balaban J connectivity index is 1.58. The number of nitrogens with two attached hydrogens (primary N) is 1. The third-order valence-electron chi connectivity index (χ3n) is 5.54. The van der Waals surface area contributed by atoms with Gasteiger partial charge in [0.25, 0.3) is 0 Å². The number of thiazole rings is 1. The van der Waals surface area contributed by atoms with Gasteiger partial charge < -0.3 is 20.3 Å². The van der Waals surface area contributed by atoms with Crippen molar-refractivity contribution in [3.8, 4) is 11.5 Å². The van der Waals surface area contributed by atoms with E-state index in [0.717, 1.165) is 35.0 Å². The fraction of sp³-hybridized carbons (Fsp3) is 0.474. The molecule has 0 bridgehead atoms. The summed E-state index contributed by atoms with van der Waals surface area (Å²) in [7, 11) is 0. The van der Waals surface area contributed by atoms with Crippen molar-refractivity contribution in [1.29, 1.82) is 0 Å². The molecule has 0 radical (unpaired) electrons. The van der Waals surface area contributed by atoms with Crippen LogP contribution >= 0.6 is 11.3 Å². The lowest BCUT2D eigenvalue weighted by atomic mass is 9.81. The summed E-state index contributed by atoms with van der Waals surface area (Å²) < 4.78 is 10.9. The molecular formula is C19H23N3O4S. The molecule has 144 valence electrons. The van der Waals surface area contributed by atoms with E-state index in [1.54, 1.807) is 0 Å². The van der Waals surface area contributed by atoms with E-state index in [1.807, 2.05) is 24.4 Å². The minimum absolute atomic E-state index is 0.114. The van der Waals surface area contributed by atoms with Gasteiger partial charge in [-0.15, -0.1) is 11.3 Å². The Kier molecular flexibility index (Phi) is 4.92. The van der Waals surface area contributed by atoms with Crippen LogP contribution in [0.3, 0.4) is 0 Å². The SMILES string of the molecule is CC(c1ccc2c(c1)OCO2)C1CC(C(=O)O)CCN1Cc1cnc(N)s1. The van der Waals surface area contributed by atoms with E-state index in [9.17, 15) is 9.90 Å². The number of nitrogen functional groups attached to an aromatic ring is 1. The van der Waals surface area contributed by atoms with Crippen molar-refractivity contribution in [3.05, 3.63) is 34.8 Å². The number of hydrogen-bond donors (Lipinski definition) is 2. The van der Waals surface area contributed by atoms with Crippen LogP contribution in [-0.2, 0) is 11.3 Å². The summed E-state index contributed by atoms with van der Waals surface area (Å²) in [5, 5.41) is 10.1. The van der Waals surface area contributed by atoms with E-state index >= 15 is 0 Å². The Morgan fingerprint density at radius 2 is 2.26 bits per heavy atom. The number of nitrogens with zero attached hydrogens (tertiary/aromatic N) is 2. The zero-order chi connectivity index (χ0) is 19.0. The van der Waals surface area contributed by atoms with Gasteiger partial charge >= 0.3 is 5.97 Å². The van der Waals surface area contributed by atoms with Gasteiger partial charge in [0.1, 0.15) is 0 Å². The van der Waals surface area contributed by atoms with Gasteiger partial charge in [-0.2, -0.15) is 0 Å². The largest absolute Gasteiger partial charge is 0.481 e. The van der Waals surface area contributed by atoms with Gasteiger partial charge in [0.2, 0.25) is 6.79 Å². The molecular weight excluding hydrogens is 366 g/mol. The number of rotatable bonds is 5. The van der Waals surface area contributed by atoms with Crippen molar-refractivity contribution in [2.24, 2.45) is 5.92 Å². The van der Waals surface area contributed by atoms with Crippen LogP contribution in [0, 0.1) is 5.92 Å². The molecule has 0 amide bonds. The lowest BCUT2D eigenvalue weighted by Gasteiger charge is -2.41. The number of ether oxygens (including phenoxy) is 2. The summed E-state index contributed by atoms with van der Waals surface area (Å²) in [6.07, 6.45) is 3.10. The summed E-state index contributed by atoms with van der Waals surface area (Å²) in [4.78, 5) is 19.2. The highest BCUT2D eigenvalue weighted by atomic mass is 32.1. The van der Waals surface area contributed by atoms with Gasteiger partial charge in [0.15, 0.2) is 16.6 Å². The number of anilines is 1. The molecule has 2 aromatic rings. The van der Waals surface area contributed by atoms with Gasteiger partial charge in [-0.1, -0.05) is 13.0 Å². The third-order valence-corrected chi connectivity index (χ3v) is 6.35.